The number of rotatable bonds is 3. The highest BCUT2D eigenvalue weighted by molar-refractivity contribution is 6.30. The van der Waals surface area contributed by atoms with Gasteiger partial charge in [-0.1, -0.05) is 17.7 Å². The van der Waals surface area contributed by atoms with Gasteiger partial charge in [0.15, 0.2) is 0 Å². The Balaban J connectivity index is 1.97. The van der Waals surface area contributed by atoms with Crippen LogP contribution in [-0.2, 0) is 0 Å². The number of halogens is 1. The maximum absolute atomic E-state index is 10.8. The summed E-state index contributed by atoms with van der Waals surface area (Å²) in [7, 11) is 0. The van der Waals surface area contributed by atoms with E-state index in [1.54, 1.807) is 37.3 Å². The minimum atomic E-state index is -0.426. The van der Waals surface area contributed by atoms with Gasteiger partial charge in [-0.2, -0.15) is 0 Å². The lowest BCUT2D eigenvalue weighted by Gasteiger charge is -1.99. The van der Waals surface area contributed by atoms with Gasteiger partial charge in [-0.3, -0.25) is 10.1 Å². The van der Waals surface area contributed by atoms with Crippen molar-refractivity contribution < 1.29 is 9.34 Å². The quantitative estimate of drug-likeness (QED) is 0.532. The summed E-state index contributed by atoms with van der Waals surface area (Å²) in [5, 5.41) is 19.4. The van der Waals surface area contributed by atoms with Crippen molar-refractivity contribution in [3.63, 3.8) is 0 Å². The molecule has 0 amide bonds. The highest BCUT2D eigenvalue weighted by Gasteiger charge is 2.15. The molecule has 0 radical (unpaired) electrons. The number of hydrogen-bond acceptors (Lipinski definition) is 5. The Morgan fingerprint density at radius 1 is 1.09 bits per heavy atom. The lowest BCUT2D eigenvalue weighted by atomic mass is 10.1. The first-order valence-electron chi connectivity index (χ1n) is 6.39. The van der Waals surface area contributed by atoms with Gasteiger partial charge < -0.3 is 4.42 Å². The first-order chi connectivity index (χ1) is 10.5. The van der Waals surface area contributed by atoms with E-state index in [-0.39, 0.29) is 5.69 Å². The molecular formula is C15H10ClN3O3. The Hall–Kier alpha value is -2.73. The molecule has 3 rings (SSSR count). The molecule has 110 valence electrons. The van der Waals surface area contributed by atoms with Gasteiger partial charge in [0, 0.05) is 27.8 Å². The summed E-state index contributed by atoms with van der Waals surface area (Å²) in [6.45, 7) is 1.66. The van der Waals surface area contributed by atoms with E-state index in [9.17, 15) is 10.1 Å². The molecule has 0 atom stereocenters. The Kier molecular flexibility index (Phi) is 3.60. The number of aryl methyl sites for hydroxylation is 1. The summed E-state index contributed by atoms with van der Waals surface area (Å²) < 4.78 is 5.62. The third-order valence-electron chi connectivity index (χ3n) is 3.14. The minimum Gasteiger partial charge on any atom is -0.416 e. The number of nitrogens with zero attached hydrogens (tertiary/aromatic N) is 3. The lowest BCUT2D eigenvalue weighted by molar-refractivity contribution is -0.385. The normalized spacial score (nSPS) is 10.6. The van der Waals surface area contributed by atoms with Gasteiger partial charge in [-0.05, 0) is 37.3 Å². The molecule has 0 aliphatic rings. The smallest absolute Gasteiger partial charge is 0.272 e. The van der Waals surface area contributed by atoms with Gasteiger partial charge >= 0.3 is 0 Å². The molecule has 0 bridgehead atoms. The van der Waals surface area contributed by atoms with Crippen LogP contribution in [0.1, 0.15) is 5.56 Å². The average molecular weight is 316 g/mol. The summed E-state index contributed by atoms with van der Waals surface area (Å²) in [4.78, 5) is 10.4. The number of benzene rings is 2. The second kappa shape index (κ2) is 5.57. The predicted octanol–water partition coefficient (Wildman–Crippen LogP) is 4.27. The van der Waals surface area contributed by atoms with Gasteiger partial charge in [-0.25, -0.2) is 0 Å². The van der Waals surface area contributed by atoms with E-state index in [2.05, 4.69) is 10.2 Å². The van der Waals surface area contributed by atoms with E-state index in [1.165, 1.54) is 6.07 Å². The largest absolute Gasteiger partial charge is 0.416 e. The van der Waals surface area contributed by atoms with Crippen molar-refractivity contribution in [2.75, 3.05) is 0 Å². The standard InChI is InChI=1S/C15H10ClN3O3/c1-9-7-11(5-6-13(9)19(20)21)15-18-17-14(22-15)10-3-2-4-12(16)8-10/h2-8H,1H3. The number of nitro groups is 1. The molecule has 0 spiro atoms. The number of aromatic nitrogens is 2. The van der Waals surface area contributed by atoms with Gasteiger partial charge in [0.25, 0.3) is 5.69 Å². The van der Waals surface area contributed by atoms with Crippen LogP contribution in [0.3, 0.4) is 0 Å². The molecule has 2 aromatic carbocycles. The van der Waals surface area contributed by atoms with E-state index >= 15 is 0 Å². The monoisotopic (exact) mass is 315 g/mol. The van der Waals surface area contributed by atoms with Crippen LogP contribution in [0.25, 0.3) is 22.9 Å². The van der Waals surface area contributed by atoms with Gasteiger partial charge in [0.05, 0.1) is 4.92 Å². The van der Waals surface area contributed by atoms with Crippen molar-refractivity contribution in [1.29, 1.82) is 0 Å². The molecule has 0 N–H and O–H groups in total. The zero-order valence-corrected chi connectivity index (χ0v) is 12.2. The predicted molar refractivity (Wildman–Crippen MR) is 81.6 cm³/mol. The molecule has 1 aromatic heterocycles. The van der Waals surface area contributed by atoms with Crippen molar-refractivity contribution in [1.82, 2.24) is 10.2 Å². The molecule has 0 aliphatic heterocycles. The zero-order chi connectivity index (χ0) is 15.7. The summed E-state index contributed by atoms with van der Waals surface area (Å²) in [5.74, 6) is 0.640. The fourth-order valence-electron chi connectivity index (χ4n) is 2.07. The molecule has 3 aromatic rings. The maximum atomic E-state index is 10.8. The van der Waals surface area contributed by atoms with Crippen molar-refractivity contribution in [2.45, 2.75) is 6.92 Å². The minimum absolute atomic E-state index is 0.0540. The van der Waals surface area contributed by atoms with E-state index in [0.717, 1.165) is 0 Å². The second-order valence-electron chi connectivity index (χ2n) is 4.68. The highest BCUT2D eigenvalue weighted by Crippen LogP contribution is 2.28. The third-order valence-corrected chi connectivity index (χ3v) is 3.37. The van der Waals surface area contributed by atoms with E-state index in [0.29, 0.717) is 33.5 Å². The molecule has 0 fully saturated rings. The summed E-state index contributed by atoms with van der Waals surface area (Å²) in [5.41, 5.74) is 1.93. The Bertz CT molecular complexity index is 861. The maximum Gasteiger partial charge on any atom is 0.272 e. The van der Waals surface area contributed by atoms with Crippen LogP contribution >= 0.6 is 11.6 Å². The van der Waals surface area contributed by atoms with Crippen LogP contribution in [0.4, 0.5) is 5.69 Å². The fourth-order valence-corrected chi connectivity index (χ4v) is 2.26. The molecule has 0 saturated heterocycles. The zero-order valence-electron chi connectivity index (χ0n) is 11.5. The molecule has 0 unspecified atom stereocenters. The van der Waals surface area contributed by atoms with Gasteiger partial charge in [-0.15, -0.1) is 10.2 Å². The Morgan fingerprint density at radius 2 is 1.77 bits per heavy atom. The highest BCUT2D eigenvalue weighted by atomic mass is 35.5. The molecule has 6 nitrogen and oxygen atoms in total. The SMILES string of the molecule is Cc1cc(-c2nnc(-c3cccc(Cl)c3)o2)ccc1[N+](=O)[O-]. The van der Waals surface area contributed by atoms with Gasteiger partial charge in [0.2, 0.25) is 11.8 Å². The number of nitro benzene ring substituents is 1. The van der Waals surface area contributed by atoms with Crippen molar-refractivity contribution >= 4 is 17.3 Å². The summed E-state index contributed by atoms with van der Waals surface area (Å²) in [6.07, 6.45) is 0. The van der Waals surface area contributed by atoms with Crippen LogP contribution in [0.5, 0.6) is 0 Å². The summed E-state index contributed by atoms with van der Waals surface area (Å²) in [6, 6.07) is 11.7. The first-order valence-corrected chi connectivity index (χ1v) is 6.77. The first kappa shape index (κ1) is 14.2. The van der Waals surface area contributed by atoms with Crippen LogP contribution in [0.15, 0.2) is 46.9 Å². The van der Waals surface area contributed by atoms with Crippen molar-refractivity contribution in [2.24, 2.45) is 0 Å². The van der Waals surface area contributed by atoms with Crippen LogP contribution in [0, 0.1) is 17.0 Å². The van der Waals surface area contributed by atoms with Crippen LogP contribution in [-0.4, -0.2) is 15.1 Å². The molecule has 7 heteroatoms. The molecule has 1 heterocycles. The Morgan fingerprint density at radius 3 is 2.36 bits per heavy atom. The topological polar surface area (TPSA) is 82.1 Å². The lowest BCUT2D eigenvalue weighted by Crippen LogP contribution is -1.91. The molecule has 0 saturated carbocycles. The third kappa shape index (κ3) is 2.68. The molecule has 0 aliphatic carbocycles. The van der Waals surface area contributed by atoms with Crippen LogP contribution in [0.2, 0.25) is 5.02 Å². The molecular weight excluding hydrogens is 306 g/mol. The summed E-state index contributed by atoms with van der Waals surface area (Å²) >= 11 is 5.93. The average Bonchev–Trinajstić information content (AvgIpc) is 2.96. The van der Waals surface area contributed by atoms with E-state index < -0.39 is 4.92 Å². The second-order valence-corrected chi connectivity index (χ2v) is 5.12. The van der Waals surface area contributed by atoms with E-state index in [4.69, 9.17) is 16.0 Å². The van der Waals surface area contributed by atoms with Crippen molar-refractivity contribution in [3.8, 4) is 22.9 Å². The van der Waals surface area contributed by atoms with Gasteiger partial charge in [0.1, 0.15) is 0 Å². The van der Waals surface area contributed by atoms with Crippen molar-refractivity contribution in [3.05, 3.63) is 63.2 Å². The molecule has 22 heavy (non-hydrogen) atoms. The fraction of sp³-hybridized carbons (Fsp3) is 0.0667. The van der Waals surface area contributed by atoms with Crippen LogP contribution < -0.4 is 0 Å². The Labute approximate surface area is 130 Å². The number of hydrogen-bond donors (Lipinski definition) is 0. The van der Waals surface area contributed by atoms with E-state index in [1.807, 2.05) is 6.07 Å².